The lowest BCUT2D eigenvalue weighted by Crippen LogP contribution is -2.56. The second kappa shape index (κ2) is 10.0. The summed E-state index contributed by atoms with van der Waals surface area (Å²) in [7, 11) is 0.947. The van der Waals surface area contributed by atoms with Crippen molar-refractivity contribution in [3.05, 3.63) is 59.2 Å². The maximum Gasteiger partial charge on any atom is 0.430 e. The average Bonchev–Trinajstić information content (AvgIpc) is 2.67. The van der Waals surface area contributed by atoms with Gasteiger partial charge in [0.15, 0.2) is 0 Å². The number of aryl methyl sites for hydroxylation is 1. The van der Waals surface area contributed by atoms with E-state index in [0.717, 1.165) is 24.8 Å². The van der Waals surface area contributed by atoms with Crippen LogP contribution in [-0.4, -0.2) is 38.0 Å². The van der Waals surface area contributed by atoms with Crippen LogP contribution in [0.15, 0.2) is 42.5 Å². The normalized spacial score (nSPS) is 12.9. The summed E-state index contributed by atoms with van der Waals surface area (Å²) in [5.74, 6) is 0. The molecule has 9 heteroatoms. The molecule has 0 saturated heterocycles. The first kappa shape index (κ1) is 25.2. The minimum absolute atomic E-state index is 0.0826. The standard InChI is InChI=1S/C22H24F6O3/c1-3-5-16-13-18(20(21(23,24)25,22(26,27)28)31-14-30-2)8-9-19(16)17-7-4-6-15(12-17)10-11-29/h4,6-9,12-13,29H,3,5,10-11,14H2,1-2H3. The van der Waals surface area contributed by atoms with Crippen molar-refractivity contribution in [1.29, 1.82) is 0 Å². The van der Waals surface area contributed by atoms with Crippen LogP contribution < -0.4 is 0 Å². The van der Waals surface area contributed by atoms with Gasteiger partial charge in [-0.2, -0.15) is 26.3 Å². The molecule has 172 valence electrons. The minimum Gasteiger partial charge on any atom is -0.396 e. The van der Waals surface area contributed by atoms with E-state index in [1.165, 1.54) is 6.07 Å². The second-order valence-electron chi connectivity index (χ2n) is 7.02. The van der Waals surface area contributed by atoms with Crippen LogP contribution in [0.5, 0.6) is 0 Å². The molecule has 3 nitrogen and oxygen atoms in total. The Morgan fingerprint density at radius 1 is 0.903 bits per heavy atom. The van der Waals surface area contributed by atoms with Crippen molar-refractivity contribution in [2.75, 3.05) is 20.5 Å². The summed E-state index contributed by atoms with van der Waals surface area (Å²) in [6, 6.07) is 9.94. The SMILES string of the molecule is CCCc1cc(C(OCOC)(C(F)(F)F)C(F)(F)F)ccc1-c1cccc(CCO)c1. The van der Waals surface area contributed by atoms with Crippen LogP contribution in [0, 0.1) is 0 Å². The summed E-state index contributed by atoms with van der Waals surface area (Å²) in [6.07, 6.45) is -10.4. The molecule has 0 amide bonds. The third kappa shape index (κ3) is 5.22. The van der Waals surface area contributed by atoms with Gasteiger partial charge in [-0.25, -0.2) is 0 Å². The molecule has 0 aliphatic rings. The first-order valence-electron chi connectivity index (χ1n) is 9.61. The molecule has 0 aromatic heterocycles. The summed E-state index contributed by atoms with van der Waals surface area (Å²) in [4.78, 5) is 0. The Morgan fingerprint density at radius 3 is 2.13 bits per heavy atom. The fraction of sp³-hybridized carbons (Fsp3) is 0.455. The van der Waals surface area contributed by atoms with E-state index in [0.29, 0.717) is 29.5 Å². The maximum atomic E-state index is 13.8. The quantitative estimate of drug-likeness (QED) is 0.389. The fourth-order valence-corrected chi connectivity index (χ4v) is 3.48. The van der Waals surface area contributed by atoms with E-state index in [4.69, 9.17) is 5.11 Å². The molecule has 31 heavy (non-hydrogen) atoms. The van der Waals surface area contributed by atoms with Gasteiger partial charge in [-0.3, -0.25) is 0 Å². The predicted octanol–water partition coefficient (Wildman–Crippen LogP) is 5.78. The van der Waals surface area contributed by atoms with Gasteiger partial charge in [-0.15, -0.1) is 0 Å². The van der Waals surface area contributed by atoms with Gasteiger partial charge in [0.05, 0.1) is 0 Å². The highest BCUT2D eigenvalue weighted by Crippen LogP contribution is 2.53. The molecule has 0 fully saturated rings. The monoisotopic (exact) mass is 450 g/mol. The molecule has 0 saturated carbocycles. The predicted molar refractivity (Wildman–Crippen MR) is 103 cm³/mol. The number of benzene rings is 2. The number of hydrogen-bond acceptors (Lipinski definition) is 3. The van der Waals surface area contributed by atoms with Gasteiger partial charge in [-0.05, 0) is 35.1 Å². The molecule has 1 N–H and O–H groups in total. The van der Waals surface area contributed by atoms with Crippen molar-refractivity contribution in [3.63, 3.8) is 0 Å². The van der Waals surface area contributed by atoms with E-state index in [1.54, 1.807) is 31.2 Å². The summed E-state index contributed by atoms with van der Waals surface area (Å²) in [6.45, 7) is 0.509. The Labute approximate surface area is 176 Å². The molecule has 0 spiro atoms. The third-order valence-corrected chi connectivity index (χ3v) is 4.86. The Morgan fingerprint density at radius 2 is 1.58 bits per heavy atom. The molecular formula is C22H24F6O3. The van der Waals surface area contributed by atoms with Crippen LogP contribution in [0.25, 0.3) is 11.1 Å². The molecule has 2 rings (SSSR count). The van der Waals surface area contributed by atoms with Crippen molar-refractivity contribution >= 4 is 0 Å². The Balaban J connectivity index is 2.70. The first-order valence-corrected chi connectivity index (χ1v) is 9.61. The van der Waals surface area contributed by atoms with Crippen molar-refractivity contribution in [2.45, 2.75) is 44.1 Å². The lowest BCUT2D eigenvalue weighted by Gasteiger charge is -2.37. The fourth-order valence-electron chi connectivity index (χ4n) is 3.48. The molecular weight excluding hydrogens is 426 g/mol. The molecule has 0 radical (unpaired) electrons. The van der Waals surface area contributed by atoms with Crippen molar-refractivity contribution < 1.29 is 40.9 Å². The van der Waals surface area contributed by atoms with Gasteiger partial charge >= 0.3 is 12.4 Å². The van der Waals surface area contributed by atoms with E-state index < -0.39 is 30.3 Å². The number of halogens is 6. The molecule has 2 aromatic rings. The van der Waals surface area contributed by atoms with Gasteiger partial charge in [0.1, 0.15) is 6.79 Å². The van der Waals surface area contributed by atoms with Crippen molar-refractivity contribution in [2.24, 2.45) is 0 Å². The van der Waals surface area contributed by atoms with Crippen LogP contribution in [0.4, 0.5) is 26.3 Å². The zero-order valence-electron chi connectivity index (χ0n) is 17.1. The zero-order valence-corrected chi connectivity index (χ0v) is 17.1. The van der Waals surface area contributed by atoms with Crippen LogP contribution >= 0.6 is 0 Å². The van der Waals surface area contributed by atoms with Crippen LogP contribution in [0.3, 0.4) is 0 Å². The Kier molecular flexibility index (Phi) is 8.13. The van der Waals surface area contributed by atoms with Gasteiger partial charge in [0.2, 0.25) is 0 Å². The third-order valence-electron chi connectivity index (χ3n) is 4.86. The summed E-state index contributed by atoms with van der Waals surface area (Å²) in [5, 5.41) is 9.13. The molecule has 0 aliphatic heterocycles. The average molecular weight is 450 g/mol. The van der Waals surface area contributed by atoms with Crippen LogP contribution in [0.2, 0.25) is 0 Å². The molecule has 0 bridgehead atoms. The highest BCUT2D eigenvalue weighted by Gasteiger charge is 2.73. The van der Waals surface area contributed by atoms with E-state index >= 15 is 0 Å². The lowest BCUT2D eigenvalue weighted by molar-refractivity contribution is -0.400. The summed E-state index contributed by atoms with van der Waals surface area (Å²) >= 11 is 0. The van der Waals surface area contributed by atoms with E-state index in [2.05, 4.69) is 9.47 Å². The highest BCUT2D eigenvalue weighted by atomic mass is 19.4. The minimum atomic E-state index is -5.77. The zero-order chi connectivity index (χ0) is 23.3. The molecule has 0 unspecified atom stereocenters. The molecule has 0 atom stereocenters. The number of ether oxygens (including phenoxy) is 2. The largest absolute Gasteiger partial charge is 0.430 e. The Bertz CT molecular complexity index is 847. The topological polar surface area (TPSA) is 38.7 Å². The lowest BCUT2D eigenvalue weighted by atomic mass is 9.86. The van der Waals surface area contributed by atoms with Gasteiger partial charge in [-0.1, -0.05) is 55.8 Å². The summed E-state index contributed by atoms with van der Waals surface area (Å²) < 4.78 is 91.7. The number of hydrogen-bond donors (Lipinski definition) is 1. The van der Waals surface area contributed by atoms with Crippen molar-refractivity contribution in [3.8, 4) is 11.1 Å². The van der Waals surface area contributed by atoms with Crippen molar-refractivity contribution in [1.82, 2.24) is 0 Å². The molecule has 0 aliphatic carbocycles. The summed E-state index contributed by atoms with van der Waals surface area (Å²) in [5.41, 5.74) is -3.27. The van der Waals surface area contributed by atoms with E-state index in [-0.39, 0.29) is 13.0 Å². The van der Waals surface area contributed by atoms with Gasteiger partial charge < -0.3 is 14.6 Å². The first-order chi connectivity index (χ1) is 14.5. The van der Waals surface area contributed by atoms with E-state index in [1.807, 2.05) is 0 Å². The number of rotatable bonds is 9. The molecule has 2 aromatic carbocycles. The van der Waals surface area contributed by atoms with Gasteiger partial charge in [0, 0.05) is 19.3 Å². The smallest absolute Gasteiger partial charge is 0.396 e. The highest BCUT2D eigenvalue weighted by molar-refractivity contribution is 5.69. The van der Waals surface area contributed by atoms with E-state index in [9.17, 15) is 26.3 Å². The number of aliphatic hydroxyl groups excluding tert-OH is 1. The number of alkyl halides is 6. The maximum absolute atomic E-state index is 13.8. The molecule has 0 heterocycles. The number of methoxy groups -OCH3 is 1. The van der Waals surface area contributed by atoms with Crippen LogP contribution in [0.1, 0.15) is 30.0 Å². The van der Waals surface area contributed by atoms with Gasteiger partial charge in [0.25, 0.3) is 5.60 Å². The number of aliphatic hydroxyl groups is 1. The second-order valence-corrected chi connectivity index (χ2v) is 7.02. The van der Waals surface area contributed by atoms with Crippen LogP contribution in [-0.2, 0) is 27.9 Å². The Hall–Kier alpha value is -2.10.